The van der Waals surface area contributed by atoms with Gasteiger partial charge in [0.25, 0.3) is 0 Å². The van der Waals surface area contributed by atoms with E-state index in [1.54, 1.807) is 0 Å². The van der Waals surface area contributed by atoms with Crippen molar-refractivity contribution in [1.29, 1.82) is 0 Å². The quantitative estimate of drug-likeness (QED) is 0.781. The Balaban J connectivity index is 1.58. The predicted molar refractivity (Wildman–Crippen MR) is 87.0 cm³/mol. The van der Waals surface area contributed by atoms with Crippen LogP contribution in [-0.4, -0.2) is 6.04 Å². The fraction of sp³-hybridized carbons (Fsp3) is 0.333. The molecule has 1 nitrogen and oxygen atoms in total. The van der Waals surface area contributed by atoms with Gasteiger partial charge >= 0.3 is 0 Å². The average Bonchev–Trinajstić information content (AvgIpc) is 3.29. The van der Waals surface area contributed by atoms with Crippen molar-refractivity contribution in [2.75, 3.05) is 0 Å². The highest BCUT2D eigenvalue weighted by molar-refractivity contribution is 7.98. The fourth-order valence-electron chi connectivity index (χ4n) is 2.24. The Labute approximate surface area is 125 Å². The van der Waals surface area contributed by atoms with Crippen molar-refractivity contribution in [2.24, 2.45) is 0 Å². The third-order valence-electron chi connectivity index (χ3n) is 3.72. The lowest BCUT2D eigenvalue weighted by Gasteiger charge is -2.09. The molecule has 0 heterocycles. The average molecular weight is 283 g/mol. The molecule has 1 saturated carbocycles. The van der Waals surface area contributed by atoms with Crippen molar-refractivity contribution >= 4 is 11.8 Å². The first-order chi connectivity index (χ1) is 9.81. The molecule has 1 N–H and O–H groups in total. The van der Waals surface area contributed by atoms with Gasteiger partial charge in [-0.05, 0) is 48.6 Å². The molecule has 0 saturated heterocycles. The second-order valence-corrected chi connectivity index (χ2v) is 6.57. The van der Waals surface area contributed by atoms with Crippen molar-refractivity contribution < 1.29 is 0 Å². The summed E-state index contributed by atoms with van der Waals surface area (Å²) in [6.07, 6.45) is 2.70. The second kappa shape index (κ2) is 6.47. The summed E-state index contributed by atoms with van der Waals surface area (Å²) in [5.41, 5.74) is 4.21. The van der Waals surface area contributed by atoms with Crippen molar-refractivity contribution in [3.63, 3.8) is 0 Å². The molecule has 2 heteroatoms. The highest BCUT2D eigenvalue weighted by Gasteiger charge is 2.20. The van der Waals surface area contributed by atoms with Crippen LogP contribution in [0.15, 0.2) is 53.4 Å². The van der Waals surface area contributed by atoms with Gasteiger partial charge in [0.05, 0.1) is 0 Å². The number of hydrogen-bond donors (Lipinski definition) is 1. The Hall–Kier alpha value is -1.25. The molecule has 0 aliphatic heterocycles. The molecule has 0 aromatic heterocycles. The molecule has 1 aliphatic rings. The Bertz CT molecular complexity index is 561. The van der Waals surface area contributed by atoms with Crippen LogP contribution in [0.25, 0.3) is 0 Å². The van der Waals surface area contributed by atoms with Crippen LogP contribution in [0.4, 0.5) is 0 Å². The van der Waals surface area contributed by atoms with E-state index in [9.17, 15) is 0 Å². The molecule has 1 aliphatic carbocycles. The monoisotopic (exact) mass is 283 g/mol. The van der Waals surface area contributed by atoms with E-state index in [0.717, 1.165) is 18.3 Å². The smallest absolute Gasteiger partial charge is 0.0231 e. The van der Waals surface area contributed by atoms with E-state index in [2.05, 4.69) is 60.8 Å². The van der Waals surface area contributed by atoms with Gasteiger partial charge in [0.1, 0.15) is 0 Å². The van der Waals surface area contributed by atoms with E-state index in [1.165, 1.54) is 34.4 Å². The standard InChI is InChI=1S/C18H21NS/c1-14-11-18(20-13-15-5-3-2-4-6-15)10-7-16(14)12-19-17-8-9-17/h2-7,10-11,17,19H,8-9,12-13H2,1H3. The topological polar surface area (TPSA) is 12.0 Å². The van der Waals surface area contributed by atoms with E-state index < -0.39 is 0 Å². The van der Waals surface area contributed by atoms with E-state index in [0.29, 0.717) is 0 Å². The van der Waals surface area contributed by atoms with Gasteiger partial charge in [-0.3, -0.25) is 0 Å². The van der Waals surface area contributed by atoms with Crippen LogP contribution in [0.5, 0.6) is 0 Å². The van der Waals surface area contributed by atoms with Crippen LogP contribution in [0.2, 0.25) is 0 Å². The van der Waals surface area contributed by atoms with E-state index >= 15 is 0 Å². The molecule has 104 valence electrons. The number of aryl methyl sites for hydroxylation is 1. The van der Waals surface area contributed by atoms with E-state index in [1.807, 2.05) is 11.8 Å². The maximum atomic E-state index is 3.58. The van der Waals surface area contributed by atoms with Gasteiger partial charge in [0.2, 0.25) is 0 Å². The summed E-state index contributed by atoms with van der Waals surface area (Å²) in [6, 6.07) is 18.3. The number of hydrogen-bond acceptors (Lipinski definition) is 2. The zero-order valence-electron chi connectivity index (χ0n) is 11.9. The summed E-state index contributed by atoms with van der Waals surface area (Å²) in [7, 11) is 0. The van der Waals surface area contributed by atoms with Gasteiger partial charge < -0.3 is 5.32 Å². The summed E-state index contributed by atoms with van der Waals surface area (Å²) >= 11 is 1.91. The van der Waals surface area contributed by atoms with Crippen LogP contribution in [0.3, 0.4) is 0 Å². The lowest BCUT2D eigenvalue weighted by atomic mass is 10.1. The predicted octanol–water partition coefficient (Wildman–Crippen LogP) is 4.54. The molecular weight excluding hydrogens is 262 g/mol. The molecular formula is C18H21NS. The summed E-state index contributed by atoms with van der Waals surface area (Å²) in [5, 5.41) is 3.58. The molecule has 0 atom stereocenters. The summed E-state index contributed by atoms with van der Waals surface area (Å²) in [5.74, 6) is 1.04. The minimum Gasteiger partial charge on any atom is -0.310 e. The highest BCUT2D eigenvalue weighted by atomic mass is 32.2. The van der Waals surface area contributed by atoms with Gasteiger partial charge in [0, 0.05) is 23.2 Å². The molecule has 3 rings (SSSR count). The molecule has 0 unspecified atom stereocenters. The SMILES string of the molecule is Cc1cc(SCc2ccccc2)ccc1CNC1CC1. The van der Waals surface area contributed by atoms with Gasteiger partial charge in [-0.25, -0.2) is 0 Å². The molecule has 0 bridgehead atoms. The Kier molecular flexibility index (Phi) is 4.44. The molecule has 0 amide bonds. The lowest BCUT2D eigenvalue weighted by molar-refractivity contribution is 0.685. The molecule has 20 heavy (non-hydrogen) atoms. The first-order valence-electron chi connectivity index (χ1n) is 7.31. The Morgan fingerprint density at radius 3 is 2.60 bits per heavy atom. The third kappa shape index (κ3) is 3.87. The van der Waals surface area contributed by atoms with Gasteiger partial charge in [0.15, 0.2) is 0 Å². The summed E-state index contributed by atoms with van der Waals surface area (Å²) < 4.78 is 0. The van der Waals surface area contributed by atoms with Crippen molar-refractivity contribution in [3.8, 4) is 0 Å². The van der Waals surface area contributed by atoms with Gasteiger partial charge in [-0.15, -0.1) is 11.8 Å². The van der Waals surface area contributed by atoms with Crippen molar-refractivity contribution in [3.05, 3.63) is 65.2 Å². The van der Waals surface area contributed by atoms with Crippen LogP contribution < -0.4 is 5.32 Å². The maximum Gasteiger partial charge on any atom is 0.0231 e. The summed E-state index contributed by atoms with van der Waals surface area (Å²) in [4.78, 5) is 1.36. The number of nitrogens with one attached hydrogen (secondary N) is 1. The first-order valence-corrected chi connectivity index (χ1v) is 8.29. The second-order valence-electron chi connectivity index (χ2n) is 5.52. The molecule has 2 aromatic carbocycles. The maximum absolute atomic E-state index is 3.58. The third-order valence-corrected chi connectivity index (χ3v) is 4.79. The normalized spacial score (nSPS) is 14.4. The molecule has 0 radical (unpaired) electrons. The molecule has 1 fully saturated rings. The van der Waals surface area contributed by atoms with Crippen LogP contribution in [0, 0.1) is 6.92 Å². The Morgan fingerprint density at radius 2 is 1.90 bits per heavy atom. The Morgan fingerprint density at radius 1 is 1.10 bits per heavy atom. The molecule has 2 aromatic rings. The zero-order chi connectivity index (χ0) is 13.8. The minimum absolute atomic E-state index is 0.779. The largest absolute Gasteiger partial charge is 0.310 e. The first kappa shape index (κ1) is 13.7. The van der Waals surface area contributed by atoms with E-state index in [4.69, 9.17) is 0 Å². The molecule has 0 spiro atoms. The zero-order valence-corrected chi connectivity index (χ0v) is 12.7. The number of benzene rings is 2. The van der Waals surface area contributed by atoms with Gasteiger partial charge in [-0.1, -0.05) is 36.4 Å². The number of thioether (sulfide) groups is 1. The van der Waals surface area contributed by atoms with Crippen LogP contribution in [-0.2, 0) is 12.3 Å². The van der Waals surface area contributed by atoms with Crippen molar-refractivity contribution in [1.82, 2.24) is 5.32 Å². The van der Waals surface area contributed by atoms with Gasteiger partial charge in [-0.2, -0.15) is 0 Å². The van der Waals surface area contributed by atoms with Crippen molar-refractivity contribution in [2.45, 2.75) is 43.0 Å². The van der Waals surface area contributed by atoms with Crippen LogP contribution in [0.1, 0.15) is 29.5 Å². The highest BCUT2D eigenvalue weighted by Crippen LogP contribution is 2.25. The summed E-state index contributed by atoms with van der Waals surface area (Å²) in [6.45, 7) is 3.23. The van der Waals surface area contributed by atoms with Crippen LogP contribution >= 0.6 is 11.8 Å². The minimum atomic E-state index is 0.779. The number of rotatable bonds is 6. The lowest BCUT2D eigenvalue weighted by Crippen LogP contribution is -2.15. The fourth-order valence-corrected chi connectivity index (χ4v) is 3.19. The van der Waals surface area contributed by atoms with E-state index in [-0.39, 0.29) is 0 Å².